The van der Waals surface area contributed by atoms with Crippen LogP contribution in [0.15, 0.2) is 0 Å². The van der Waals surface area contributed by atoms with E-state index in [-0.39, 0.29) is 12.8 Å². The van der Waals surface area contributed by atoms with Gasteiger partial charge in [-0.25, -0.2) is 4.39 Å². The molecule has 0 saturated heterocycles. The largest absolute Gasteiger partial charge is 0.296 e. The van der Waals surface area contributed by atoms with E-state index >= 15 is 0 Å². The van der Waals surface area contributed by atoms with Gasteiger partial charge in [0.2, 0.25) is 5.67 Å². The van der Waals surface area contributed by atoms with Gasteiger partial charge in [0.15, 0.2) is 11.6 Å². The molecule has 1 saturated carbocycles. The van der Waals surface area contributed by atoms with E-state index in [9.17, 15) is 14.0 Å². The first-order chi connectivity index (χ1) is 4.55. The number of ketones is 2. The highest BCUT2D eigenvalue weighted by molar-refractivity contribution is 6.11. The van der Waals surface area contributed by atoms with Gasteiger partial charge in [0.05, 0.1) is 0 Å². The second kappa shape index (κ2) is 2.15. The Morgan fingerprint density at radius 2 is 1.70 bits per heavy atom. The van der Waals surface area contributed by atoms with Crippen molar-refractivity contribution in [3.05, 3.63) is 0 Å². The number of hydrogen-bond acceptors (Lipinski definition) is 2. The lowest BCUT2D eigenvalue weighted by Crippen LogP contribution is -2.42. The lowest BCUT2D eigenvalue weighted by Gasteiger charge is -2.21. The van der Waals surface area contributed by atoms with E-state index in [2.05, 4.69) is 0 Å². The van der Waals surface area contributed by atoms with Crippen LogP contribution in [0.3, 0.4) is 0 Å². The fourth-order valence-electron chi connectivity index (χ4n) is 1.03. The number of carbonyl (C=O) groups is 2. The van der Waals surface area contributed by atoms with E-state index in [0.717, 1.165) is 6.92 Å². The van der Waals surface area contributed by atoms with Crippen LogP contribution in [0.25, 0.3) is 0 Å². The molecular formula is C7H9FO2. The molecule has 0 spiro atoms. The molecule has 10 heavy (non-hydrogen) atoms. The molecule has 0 radical (unpaired) electrons. The zero-order valence-corrected chi connectivity index (χ0v) is 5.82. The predicted molar refractivity (Wildman–Crippen MR) is 33.4 cm³/mol. The Morgan fingerprint density at radius 1 is 1.30 bits per heavy atom. The lowest BCUT2D eigenvalue weighted by molar-refractivity contribution is -0.144. The molecule has 0 atom stereocenters. The van der Waals surface area contributed by atoms with Gasteiger partial charge in [-0.2, -0.15) is 0 Å². The molecule has 0 bridgehead atoms. The van der Waals surface area contributed by atoms with Gasteiger partial charge in [0.25, 0.3) is 0 Å². The molecule has 0 aliphatic heterocycles. The fraction of sp³-hybridized carbons (Fsp3) is 0.714. The Hall–Kier alpha value is -0.730. The Balaban J connectivity index is 2.83. The highest BCUT2D eigenvalue weighted by atomic mass is 19.1. The van der Waals surface area contributed by atoms with E-state index in [0.29, 0.717) is 6.42 Å². The van der Waals surface area contributed by atoms with Crippen LogP contribution in [0.4, 0.5) is 4.39 Å². The number of halogens is 1. The molecule has 1 fully saturated rings. The van der Waals surface area contributed by atoms with Crippen LogP contribution < -0.4 is 0 Å². The molecule has 56 valence electrons. The van der Waals surface area contributed by atoms with Gasteiger partial charge in [-0.15, -0.1) is 0 Å². The van der Waals surface area contributed by atoms with Gasteiger partial charge in [0, 0.05) is 12.8 Å². The van der Waals surface area contributed by atoms with E-state index in [1.165, 1.54) is 0 Å². The number of Topliss-reactive ketones (excluding diaryl/α,β-unsaturated/α-hetero) is 2. The van der Waals surface area contributed by atoms with Crippen molar-refractivity contribution in [3.8, 4) is 0 Å². The van der Waals surface area contributed by atoms with Gasteiger partial charge in [-0.05, 0) is 13.3 Å². The summed E-state index contributed by atoms with van der Waals surface area (Å²) < 4.78 is 13.0. The third-order valence-corrected chi connectivity index (χ3v) is 1.85. The molecular weight excluding hydrogens is 135 g/mol. The maximum absolute atomic E-state index is 13.0. The van der Waals surface area contributed by atoms with Crippen molar-refractivity contribution < 1.29 is 14.0 Å². The van der Waals surface area contributed by atoms with Crippen LogP contribution in [-0.4, -0.2) is 17.2 Å². The summed E-state index contributed by atoms with van der Waals surface area (Å²) in [6.07, 6.45) is 0.925. The topological polar surface area (TPSA) is 34.1 Å². The first kappa shape index (κ1) is 7.38. The minimum atomic E-state index is -2.18. The van der Waals surface area contributed by atoms with Crippen molar-refractivity contribution in [2.24, 2.45) is 0 Å². The zero-order chi connectivity index (χ0) is 7.78. The summed E-state index contributed by atoms with van der Waals surface area (Å²) in [6.45, 7) is 1.05. The van der Waals surface area contributed by atoms with Crippen LogP contribution in [0, 0.1) is 0 Å². The normalized spacial score (nSPS) is 25.0. The van der Waals surface area contributed by atoms with Gasteiger partial charge in [-0.1, -0.05) is 0 Å². The molecule has 0 aromatic rings. The highest BCUT2D eigenvalue weighted by Crippen LogP contribution is 2.24. The second-order valence-electron chi connectivity index (χ2n) is 2.70. The molecule has 1 aliphatic carbocycles. The Bertz CT molecular complexity index is 166. The average Bonchev–Trinajstić information content (AvgIpc) is 1.84. The van der Waals surface area contributed by atoms with Crippen molar-refractivity contribution in [2.75, 3.05) is 0 Å². The zero-order valence-electron chi connectivity index (χ0n) is 5.82. The summed E-state index contributed by atoms with van der Waals surface area (Å²) >= 11 is 0. The van der Waals surface area contributed by atoms with E-state index < -0.39 is 17.2 Å². The minimum absolute atomic E-state index is 0.207. The van der Waals surface area contributed by atoms with Crippen LogP contribution in [-0.2, 0) is 9.59 Å². The van der Waals surface area contributed by atoms with Crippen molar-refractivity contribution >= 4 is 11.6 Å². The van der Waals surface area contributed by atoms with Crippen LogP contribution in [0.2, 0.25) is 0 Å². The molecule has 3 heteroatoms. The van der Waals surface area contributed by atoms with Crippen molar-refractivity contribution in [3.63, 3.8) is 0 Å². The Morgan fingerprint density at radius 3 is 2.00 bits per heavy atom. The van der Waals surface area contributed by atoms with Gasteiger partial charge in [0.1, 0.15) is 0 Å². The summed E-state index contributed by atoms with van der Waals surface area (Å²) in [6, 6.07) is 0. The second-order valence-corrected chi connectivity index (χ2v) is 2.70. The molecule has 0 aromatic carbocycles. The number of hydrogen-bond donors (Lipinski definition) is 0. The highest BCUT2D eigenvalue weighted by Gasteiger charge is 2.42. The maximum atomic E-state index is 13.0. The van der Waals surface area contributed by atoms with Crippen molar-refractivity contribution in [1.82, 2.24) is 0 Å². The number of rotatable bonds is 0. The predicted octanol–water partition coefficient (Wildman–Crippen LogP) is 1.04. The fourth-order valence-corrected chi connectivity index (χ4v) is 1.03. The van der Waals surface area contributed by atoms with E-state index in [1.54, 1.807) is 0 Å². The lowest BCUT2D eigenvalue weighted by atomic mass is 9.86. The summed E-state index contributed by atoms with van der Waals surface area (Å²) in [4.78, 5) is 21.5. The van der Waals surface area contributed by atoms with Gasteiger partial charge in [-0.3, -0.25) is 9.59 Å². The number of carbonyl (C=O) groups excluding carboxylic acids is 2. The molecule has 0 heterocycles. The minimum Gasteiger partial charge on any atom is -0.296 e. The first-order valence-electron chi connectivity index (χ1n) is 3.30. The molecule has 1 rings (SSSR count). The monoisotopic (exact) mass is 144 g/mol. The average molecular weight is 144 g/mol. The molecule has 0 N–H and O–H groups in total. The molecule has 0 amide bonds. The first-order valence-corrected chi connectivity index (χ1v) is 3.30. The van der Waals surface area contributed by atoms with Crippen molar-refractivity contribution in [1.29, 1.82) is 0 Å². The van der Waals surface area contributed by atoms with E-state index in [1.807, 2.05) is 0 Å². The standard InChI is InChI=1S/C7H9FO2/c1-7(8)5(9)3-2-4-6(7)10/h2-4H2,1H3. The van der Waals surface area contributed by atoms with Gasteiger partial charge >= 0.3 is 0 Å². The summed E-state index contributed by atoms with van der Waals surface area (Å²) in [5.74, 6) is -1.13. The summed E-state index contributed by atoms with van der Waals surface area (Å²) in [5.41, 5.74) is -2.18. The molecule has 0 aromatic heterocycles. The van der Waals surface area contributed by atoms with Crippen LogP contribution in [0.1, 0.15) is 26.2 Å². The molecule has 2 nitrogen and oxygen atoms in total. The van der Waals surface area contributed by atoms with Crippen LogP contribution >= 0.6 is 0 Å². The van der Waals surface area contributed by atoms with Gasteiger partial charge < -0.3 is 0 Å². The summed E-state index contributed by atoms with van der Waals surface area (Å²) in [5, 5.41) is 0. The summed E-state index contributed by atoms with van der Waals surface area (Å²) in [7, 11) is 0. The smallest absolute Gasteiger partial charge is 0.223 e. The quantitative estimate of drug-likeness (QED) is 0.476. The molecule has 0 unspecified atom stereocenters. The Labute approximate surface area is 58.4 Å². The third-order valence-electron chi connectivity index (χ3n) is 1.85. The maximum Gasteiger partial charge on any atom is 0.223 e. The van der Waals surface area contributed by atoms with E-state index in [4.69, 9.17) is 0 Å². The number of alkyl halides is 1. The molecule has 1 aliphatic rings. The Kier molecular flexibility index (Phi) is 1.58. The van der Waals surface area contributed by atoms with Crippen LogP contribution in [0.5, 0.6) is 0 Å². The van der Waals surface area contributed by atoms with Crippen molar-refractivity contribution in [2.45, 2.75) is 31.9 Å². The third kappa shape index (κ3) is 0.958. The SMILES string of the molecule is CC1(F)C(=O)CCCC1=O.